The Morgan fingerprint density at radius 2 is 0.944 bits per heavy atom. The zero-order chi connectivity index (χ0) is 13.5. The van der Waals surface area contributed by atoms with E-state index in [1.54, 1.807) is 0 Å². The lowest BCUT2D eigenvalue weighted by atomic mass is 10.1. The molecule has 108 valence electrons. The highest BCUT2D eigenvalue weighted by Gasteiger charge is 2.46. The van der Waals surface area contributed by atoms with E-state index >= 15 is 0 Å². The molecule has 4 heteroatoms. The first-order valence-electron chi connectivity index (χ1n) is 7.39. The second-order valence-electron chi connectivity index (χ2n) is 5.07. The van der Waals surface area contributed by atoms with Crippen molar-refractivity contribution < 1.29 is 19.6 Å². The van der Waals surface area contributed by atoms with E-state index in [0.29, 0.717) is 0 Å². The Morgan fingerprint density at radius 3 is 1.17 bits per heavy atom. The molecular weight excluding hydrogens is 232 g/mol. The lowest BCUT2D eigenvalue weighted by Gasteiger charge is -2.42. The number of rotatable bonds is 8. The van der Waals surface area contributed by atoms with Crippen molar-refractivity contribution in [2.75, 3.05) is 0 Å². The maximum atomic E-state index is 5.57. The monoisotopic (exact) mass is 260 g/mol. The molecule has 1 fully saturated rings. The molecule has 0 N–H and O–H groups in total. The van der Waals surface area contributed by atoms with Crippen molar-refractivity contribution in [1.29, 1.82) is 0 Å². The van der Waals surface area contributed by atoms with Crippen LogP contribution in [0.25, 0.3) is 0 Å². The molecule has 1 rings (SSSR count). The predicted octanol–water partition coefficient (Wildman–Crippen LogP) is 4.49. The highest BCUT2D eigenvalue weighted by molar-refractivity contribution is 4.71. The van der Waals surface area contributed by atoms with Crippen LogP contribution >= 0.6 is 0 Å². The van der Waals surface area contributed by atoms with Gasteiger partial charge in [0.25, 0.3) is 0 Å². The summed E-state index contributed by atoms with van der Waals surface area (Å²) >= 11 is 0. The van der Waals surface area contributed by atoms with Crippen LogP contribution in [0.1, 0.15) is 79.1 Å². The van der Waals surface area contributed by atoms with E-state index in [-0.39, 0.29) is 0 Å². The second-order valence-corrected chi connectivity index (χ2v) is 5.07. The van der Waals surface area contributed by atoms with Crippen molar-refractivity contribution >= 4 is 0 Å². The van der Waals surface area contributed by atoms with E-state index in [4.69, 9.17) is 19.6 Å². The third kappa shape index (κ3) is 3.92. The molecule has 1 aliphatic rings. The fraction of sp³-hybridized carbons (Fsp3) is 1.00. The first-order valence-corrected chi connectivity index (χ1v) is 7.39. The summed E-state index contributed by atoms with van der Waals surface area (Å²) in [7, 11) is 0. The second kappa shape index (κ2) is 7.43. The minimum Gasteiger partial charge on any atom is -0.195 e. The van der Waals surface area contributed by atoms with Gasteiger partial charge in [-0.15, -0.1) is 0 Å². The van der Waals surface area contributed by atoms with Crippen LogP contribution in [0, 0.1) is 0 Å². The van der Waals surface area contributed by atoms with Crippen LogP contribution in [-0.4, -0.2) is 11.6 Å². The van der Waals surface area contributed by atoms with Gasteiger partial charge >= 0.3 is 0 Å². The Kier molecular flexibility index (Phi) is 6.57. The first kappa shape index (κ1) is 15.9. The quantitative estimate of drug-likeness (QED) is 0.602. The van der Waals surface area contributed by atoms with Gasteiger partial charge in [-0.05, 0) is 12.8 Å². The summed E-state index contributed by atoms with van der Waals surface area (Å²) in [6.45, 7) is 8.33. The fourth-order valence-corrected chi connectivity index (χ4v) is 1.98. The van der Waals surface area contributed by atoms with Crippen LogP contribution < -0.4 is 0 Å². The van der Waals surface area contributed by atoms with Gasteiger partial charge in [-0.25, -0.2) is 0 Å². The summed E-state index contributed by atoms with van der Waals surface area (Å²) in [5, 5.41) is 0. The molecule has 0 spiro atoms. The van der Waals surface area contributed by atoms with Crippen molar-refractivity contribution in [2.45, 2.75) is 90.6 Å². The highest BCUT2D eigenvalue weighted by atomic mass is 17.4. The van der Waals surface area contributed by atoms with Crippen LogP contribution in [-0.2, 0) is 19.6 Å². The Hall–Kier alpha value is -0.160. The van der Waals surface area contributed by atoms with Gasteiger partial charge in [-0.1, -0.05) is 40.5 Å². The molecule has 0 amide bonds. The zero-order valence-corrected chi connectivity index (χ0v) is 12.3. The van der Waals surface area contributed by atoms with Gasteiger partial charge in [0.15, 0.2) is 0 Å². The maximum Gasteiger partial charge on any atom is 0.234 e. The van der Waals surface area contributed by atoms with Crippen LogP contribution in [0.2, 0.25) is 0 Å². The summed E-state index contributed by atoms with van der Waals surface area (Å²) in [6.07, 6.45) is 7.32. The lowest BCUT2D eigenvalue weighted by Crippen LogP contribution is -2.50. The van der Waals surface area contributed by atoms with Crippen molar-refractivity contribution in [1.82, 2.24) is 0 Å². The van der Waals surface area contributed by atoms with Gasteiger partial charge in [0.2, 0.25) is 11.6 Å². The van der Waals surface area contributed by atoms with Crippen molar-refractivity contribution in [2.24, 2.45) is 0 Å². The van der Waals surface area contributed by atoms with Crippen molar-refractivity contribution in [3.05, 3.63) is 0 Å². The molecule has 1 saturated heterocycles. The average Bonchev–Trinajstić information content (AvgIpc) is 2.44. The predicted molar refractivity (Wildman–Crippen MR) is 69.4 cm³/mol. The summed E-state index contributed by atoms with van der Waals surface area (Å²) in [5.74, 6) is -1.44. The summed E-state index contributed by atoms with van der Waals surface area (Å²) in [4.78, 5) is 22.3. The summed E-state index contributed by atoms with van der Waals surface area (Å²) in [5.41, 5.74) is 0. The fourth-order valence-electron chi connectivity index (χ4n) is 1.98. The molecular formula is C14H28O4. The normalized spacial score (nSPS) is 32.7. The zero-order valence-electron chi connectivity index (χ0n) is 12.3. The van der Waals surface area contributed by atoms with E-state index < -0.39 is 11.6 Å². The molecule has 0 saturated carbocycles. The summed E-state index contributed by atoms with van der Waals surface area (Å²) < 4.78 is 0. The van der Waals surface area contributed by atoms with Crippen LogP contribution in [0.5, 0.6) is 0 Å². The van der Waals surface area contributed by atoms with Gasteiger partial charge < -0.3 is 0 Å². The van der Waals surface area contributed by atoms with Gasteiger partial charge in [-0.2, -0.15) is 19.6 Å². The molecule has 0 aromatic heterocycles. The molecule has 0 radical (unpaired) electrons. The minimum absolute atomic E-state index is 0.721. The number of hydrogen-bond acceptors (Lipinski definition) is 4. The third-order valence-corrected chi connectivity index (χ3v) is 3.59. The van der Waals surface area contributed by atoms with E-state index in [9.17, 15) is 0 Å². The van der Waals surface area contributed by atoms with E-state index in [1.807, 2.05) is 13.8 Å². The molecule has 0 aromatic carbocycles. The molecule has 0 aromatic rings. The molecule has 18 heavy (non-hydrogen) atoms. The Labute approximate surface area is 111 Å². The molecule has 1 heterocycles. The number of unbranched alkanes of at least 4 members (excludes halogenated alkanes) is 2. The lowest BCUT2D eigenvalue weighted by molar-refractivity contribution is -0.659. The molecule has 4 nitrogen and oxygen atoms in total. The molecule has 0 atom stereocenters. The number of hydrogen-bond donors (Lipinski definition) is 0. The van der Waals surface area contributed by atoms with Crippen molar-refractivity contribution in [3.8, 4) is 0 Å². The van der Waals surface area contributed by atoms with Gasteiger partial charge in [0, 0.05) is 25.7 Å². The van der Waals surface area contributed by atoms with E-state index in [1.165, 1.54) is 0 Å². The average molecular weight is 260 g/mol. The van der Waals surface area contributed by atoms with Crippen LogP contribution in [0.4, 0.5) is 0 Å². The van der Waals surface area contributed by atoms with Crippen molar-refractivity contribution in [3.63, 3.8) is 0 Å². The standard InChI is InChI=1S/C14H28O4/c1-5-9-11-13(7-3)15-17-14(8-4,18-16-13)12-10-6-2/h5-12H2,1-4H3. The first-order chi connectivity index (χ1) is 8.66. The van der Waals surface area contributed by atoms with E-state index in [0.717, 1.165) is 51.4 Å². The van der Waals surface area contributed by atoms with E-state index in [2.05, 4.69) is 13.8 Å². The minimum atomic E-state index is -0.721. The Bertz CT molecular complexity index is 198. The topological polar surface area (TPSA) is 36.9 Å². The Balaban J connectivity index is 2.54. The van der Waals surface area contributed by atoms with Gasteiger partial charge in [-0.3, -0.25) is 0 Å². The van der Waals surface area contributed by atoms with Gasteiger partial charge in [0.05, 0.1) is 0 Å². The molecule has 0 bridgehead atoms. The molecule has 1 aliphatic heterocycles. The smallest absolute Gasteiger partial charge is 0.195 e. The Morgan fingerprint density at radius 1 is 0.611 bits per heavy atom. The molecule has 0 unspecified atom stereocenters. The van der Waals surface area contributed by atoms with Crippen LogP contribution in [0.15, 0.2) is 0 Å². The van der Waals surface area contributed by atoms with Crippen LogP contribution in [0.3, 0.4) is 0 Å². The molecule has 0 aliphatic carbocycles. The summed E-state index contributed by atoms with van der Waals surface area (Å²) in [6, 6.07) is 0. The largest absolute Gasteiger partial charge is 0.234 e. The third-order valence-electron chi connectivity index (χ3n) is 3.59. The maximum absolute atomic E-state index is 5.57. The highest BCUT2D eigenvalue weighted by Crippen LogP contribution is 2.38. The van der Waals surface area contributed by atoms with Gasteiger partial charge in [0.1, 0.15) is 0 Å². The SMILES string of the molecule is CCCCC1(CC)OOC(CC)(CCCC)OO1.